The van der Waals surface area contributed by atoms with Crippen molar-refractivity contribution in [3.63, 3.8) is 0 Å². The van der Waals surface area contributed by atoms with Crippen LogP contribution in [0.3, 0.4) is 0 Å². The number of nitrogens with zero attached hydrogens (tertiary/aromatic N) is 2. The molecule has 1 rings (SSSR count). The molecule has 0 fully saturated rings. The van der Waals surface area contributed by atoms with Gasteiger partial charge in [0.05, 0.1) is 6.61 Å². The van der Waals surface area contributed by atoms with Crippen molar-refractivity contribution in [2.75, 3.05) is 26.7 Å². The summed E-state index contributed by atoms with van der Waals surface area (Å²) in [5.41, 5.74) is 1.35. The topological polar surface area (TPSA) is 48.7 Å². The number of hydrogen-bond donors (Lipinski definition) is 2. The summed E-state index contributed by atoms with van der Waals surface area (Å²) in [5, 5.41) is 8.15. The molecular weight excluding hydrogens is 258 g/mol. The average molecular weight is 283 g/mol. The van der Waals surface area contributed by atoms with E-state index >= 15 is 0 Å². The molecule has 0 unspecified atom stereocenters. The highest BCUT2D eigenvalue weighted by Crippen LogP contribution is 2.11. The van der Waals surface area contributed by atoms with Gasteiger partial charge in [-0.15, -0.1) is 0 Å². The molecule has 0 atom stereocenters. The molecule has 0 radical (unpaired) electrons. The van der Waals surface area contributed by atoms with Crippen LogP contribution in [0.1, 0.15) is 39.0 Å². The normalized spacial score (nSPS) is 17.2. The van der Waals surface area contributed by atoms with Crippen LogP contribution in [0.15, 0.2) is 16.0 Å². The standard InChI is InChI=1S/C14H25N3OS/c1-3-4-5-6-10-18-14(16-19)13(15)12-8-7-9-17(2)11-12/h8,15,19H,3-7,9-11H2,1-2H3/b15-13?,16-14+. The van der Waals surface area contributed by atoms with Gasteiger partial charge in [-0.2, -0.15) is 4.40 Å². The molecule has 19 heavy (non-hydrogen) atoms. The van der Waals surface area contributed by atoms with Gasteiger partial charge in [0.15, 0.2) is 0 Å². The van der Waals surface area contributed by atoms with Crippen LogP contribution in [0.2, 0.25) is 0 Å². The minimum absolute atomic E-state index is 0.349. The van der Waals surface area contributed by atoms with E-state index in [9.17, 15) is 0 Å². The van der Waals surface area contributed by atoms with Gasteiger partial charge in [0, 0.05) is 13.1 Å². The monoisotopic (exact) mass is 283 g/mol. The van der Waals surface area contributed by atoms with Crippen molar-refractivity contribution in [3.05, 3.63) is 11.6 Å². The number of rotatable bonds is 7. The molecule has 108 valence electrons. The minimum Gasteiger partial charge on any atom is -0.476 e. The Morgan fingerprint density at radius 3 is 2.89 bits per heavy atom. The predicted molar refractivity (Wildman–Crippen MR) is 84.4 cm³/mol. The summed E-state index contributed by atoms with van der Waals surface area (Å²) in [5.74, 6) is 0.349. The quantitative estimate of drug-likeness (QED) is 0.326. The van der Waals surface area contributed by atoms with Crippen LogP contribution in [0.5, 0.6) is 0 Å². The van der Waals surface area contributed by atoms with Crippen LogP contribution in [-0.2, 0) is 4.74 Å². The van der Waals surface area contributed by atoms with Crippen molar-refractivity contribution >= 4 is 24.4 Å². The largest absolute Gasteiger partial charge is 0.476 e. The highest BCUT2D eigenvalue weighted by molar-refractivity contribution is 7.79. The molecule has 0 amide bonds. The maximum absolute atomic E-state index is 8.15. The molecular formula is C14H25N3OS. The Morgan fingerprint density at radius 1 is 1.47 bits per heavy atom. The van der Waals surface area contributed by atoms with E-state index in [4.69, 9.17) is 10.1 Å². The third-order valence-electron chi connectivity index (χ3n) is 3.20. The second kappa shape index (κ2) is 9.15. The first-order chi connectivity index (χ1) is 9.19. The molecule has 4 nitrogen and oxygen atoms in total. The molecule has 0 aromatic rings. The Hall–Kier alpha value is -0.810. The van der Waals surface area contributed by atoms with E-state index in [-0.39, 0.29) is 0 Å². The number of nitrogens with one attached hydrogen (secondary N) is 1. The molecule has 0 aromatic carbocycles. The number of ether oxygens (including phenoxy) is 1. The van der Waals surface area contributed by atoms with Crippen molar-refractivity contribution in [2.45, 2.75) is 39.0 Å². The summed E-state index contributed by atoms with van der Waals surface area (Å²) in [6.45, 7) is 4.63. The van der Waals surface area contributed by atoms with E-state index in [0.717, 1.165) is 37.9 Å². The Labute approximate surface area is 122 Å². The lowest BCUT2D eigenvalue weighted by Gasteiger charge is -2.23. The van der Waals surface area contributed by atoms with Gasteiger partial charge in [-0.1, -0.05) is 32.3 Å². The van der Waals surface area contributed by atoms with Crippen LogP contribution in [0.25, 0.3) is 0 Å². The average Bonchev–Trinajstić information content (AvgIpc) is 2.42. The van der Waals surface area contributed by atoms with Crippen LogP contribution in [0, 0.1) is 5.41 Å². The summed E-state index contributed by atoms with van der Waals surface area (Å²) < 4.78 is 9.39. The third kappa shape index (κ3) is 5.78. The Morgan fingerprint density at radius 2 is 2.26 bits per heavy atom. The lowest BCUT2D eigenvalue weighted by Crippen LogP contribution is -2.31. The Bertz CT molecular complexity index is 353. The van der Waals surface area contributed by atoms with Crippen molar-refractivity contribution < 1.29 is 4.74 Å². The maximum Gasteiger partial charge on any atom is 0.246 e. The van der Waals surface area contributed by atoms with E-state index < -0.39 is 0 Å². The lowest BCUT2D eigenvalue weighted by atomic mass is 10.1. The smallest absolute Gasteiger partial charge is 0.246 e. The molecule has 0 saturated carbocycles. The zero-order valence-corrected chi connectivity index (χ0v) is 12.9. The fraction of sp³-hybridized carbons (Fsp3) is 0.714. The van der Waals surface area contributed by atoms with E-state index in [1.54, 1.807) is 0 Å². The predicted octanol–water partition coefficient (Wildman–Crippen LogP) is 3.11. The molecule has 0 spiro atoms. The van der Waals surface area contributed by atoms with Crippen molar-refractivity contribution in [1.29, 1.82) is 5.41 Å². The number of hydrogen-bond acceptors (Lipinski definition) is 5. The molecule has 0 saturated heterocycles. The molecule has 1 heterocycles. The number of likely N-dealkylation sites (N-methyl/N-ethyl adjacent to an activating group) is 1. The first-order valence-corrected chi connectivity index (χ1v) is 7.40. The van der Waals surface area contributed by atoms with Gasteiger partial charge in [-0.25, -0.2) is 0 Å². The van der Waals surface area contributed by atoms with Crippen LogP contribution in [-0.4, -0.2) is 43.3 Å². The fourth-order valence-corrected chi connectivity index (χ4v) is 2.22. The summed E-state index contributed by atoms with van der Waals surface area (Å²) >= 11 is 3.92. The van der Waals surface area contributed by atoms with Gasteiger partial charge in [-0.3, -0.25) is 5.41 Å². The summed E-state index contributed by atoms with van der Waals surface area (Å²) in [6.07, 6.45) is 7.68. The van der Waals surface area contributed by atoms with Crippen LogP contribution >= 0.6 is 12.8 Å². The molecule has 1 N–H and O–H groups in total. The SMILES string of the molecule is CCCCCCO/C(=N/S)C(=N)C1=CCCN(C)C1. The van der Waals surface area contributed by atoms with E-state index in [0.29, 0.717) is 18.2 Å². The molecule has 5 heteroatoms. The molecule has 1 aliphatic rings. The molecule has 1 aliphatic heterocycles. The van der Waals surface area contributed by atoms with Gasteiger partial charge in [0.1, 0.15) is 5.71 Å². The van der Waals surface area contributed by atoms with Crippen molar-refractivity contribution in [1.82, 2.24) is 4.90 Å². The van der Waals surface area contributed by atoms with Gasteiger partial charge >= 0.3 is 0 Å². The Kier molecular flexibility index (Phi) is 7.82. The van der Waals surface area contributed by atoms with Gasteiger partial charge in [0.2, 0.25) is 5.90 Å². The lowest BCUT2D eigenvalue weighted by molar-refractivity contribution is 0.298. The fourth-order valence-electron chi connectivity index (χ4n) is 2.06. The number of thiol groups is 1. The first kappa shape index (κ1) is 16.2. The van der Waals surface area contributed by atoms with Crippen LogP contribution in [0.4, 0.5) is 0 Å². The highest BCUT2D eigenvalue weighted by Gasteiger charge is 2.18. The summed E-state index contributed by atoms with van der Waals surface area (Å²) in [7, 11) is 2.06. The first-order valence-electron chi connectivity index (χ1n) is 7.00. The molecule has 0 aliphatic carbocycles. The van der Waals surface area contributed by atoms with Gasteiger partial charge < -0.3 is 9.64 Å². The van der Waals surface area contributed by atoms with E-state index in [1.165, 1.54) is 12.8 Å². The van der Waals surface area contributed by atoms with Crippen LogP contribution < -0.4 is 0 Å². The molecule has 0 aromatic heterocycles. The third-order valence-corrected chi connectivity index (χ3v) is 3.39. The maximum atomic E-state index is 8.15. The zero-order valence-electron chi connectivity index (χ0n) is 12.0. The zero-order chi connectivity index (χ0) is 14.1. The summed E-state index contributed by atoms with van der Waals surface area (Å²) in [6, 6.07) is 0. The van der Waals surface area contributed by atoms with E-state index in [1.807, 2.05) is 0 Å². The second-order valence-electron chi connectivity index (χ2n) is 4.95. The second-order valence-corrected chi connectivity index (χ2v) is 5.15. The van der Waals surface area contributed by atoms with Gasteiger partial charge in [0.25, 0.3) is 0 Å². The Balaban J connectivity index is 2.42. The minimum atomic E-state index is 0.349. The number of unbranched alkanes of at least 4 members (excludes halogenated alkanes) is 3. The van der Waals surface area contributed by atoms with Crippen molar-refractivity contribution in [3.8, 4) is 0 Å². The summed E-state index contributed by atoms with van der Waals surface area (Å²) in [4.78, 5) is 2.20. The van der Waals surface area contributed by atoms with E-state index in [2.05, 4.69) is 42.2 Å². The molecule has 0 bridgehead atoms. The highest BCUT2D eigenvalue weighted by atomic mass is 32.1. The van der Waals surface area contributed by atoms with Crippen molar-refractivity contribution in [2.24, 2.45) is 4.40 Å². The van der Waals surface area contributed by atoms with Gasteiger partial charge in [-0.05, 0) is 38.3 Å².